The van der Waals surface area contributed by atoms with Gasteiger partial charge in [-0.2, -0.15) is 0 Å². The van der Waals surface area contributed by atoms with Crippen LogP contribution in [0.25, 0.3) is 0 Å². The SMILES string of the molecule is CC(C)S(=O)(=O)CCC1(c2ccccc2)CNC1. The van der Waals surface area contributed by atoms with Gasteiger partial charge in [0.2, 0.25) is 0 Å². The molecule has 3 nitrogen and oxygen atoms in total. The Bertz CT molecular complexity index is 490. The minimum absolute atomic E-state index is 0.0171. The van der Waals surface area contributed by atoms with Crippen LogP contribution >= 0.6 is 0 Å². The summed E-state index contributed by atoms with van der Waals surface area (Å²) in [6, 6.07) is 10.2. The first-order valence-corrected chi connectivity index (χ1v) is 8.16. The van der Waals surface area contributed by atoms with Gasteiger partial charge >= 0.3 is 0 Å². The number of rotatable bonds is 5. The Hall–Kier alpha value is -0.870. The first-order valence-electron chi connectivity index (χ1n) is 6.44. The fraction of sp³-hybridized carbons (Fsp3) is 0.571. The van der Waals surface area contributed by atoms with E-state index in [0.717, 1.165) is 13.1 Å². The molecule has 0 radical (unpaired) electrons. The van der Waals surface area contributed by atoms with Crippen LogP contribution in [0.1, 0.15) is 25.8 Å². The standard InChI is InChI=1S/C14H21NO2S/c1-12(2)18(16,17)9-8-14(10-15-11-14)13-6-4-3-5-7-13/h3-7,12,15H,8-11H2,1-2H3. The highest BCUT2D eigenvalue weighted by molar-refractivity contribution is 7.91. The third kappa shape index (κ3) is 2.59. The van der Waals surface area contributed by atoms with E-state index in [1.807, 2.05) is 18.2 Å². The zero-order valence-corrected chi connectivity index (χ0v) is 11.8. The van der Waals surface area contributed by atoms with Crippen LogP contribution in [0, 0.1) is 0 Å². The van der Waals surface area contributed by atoms with Crippen LogP contribution in [0.4, 0.5) is 0 Å². The molecule has 1 saturated heterocycles. The molecular formula is C14H21NO2S. The number of sulfone groups is 1. The van der Waals surface area contributed by atoms with Crippen LogP contribution < -0.4 is 5.32 Å². The van der Waals surface area contributed by atoms with Crippen molar-refractivity contribution in [3.8, 4) is 0 Å². The van der Waals surface area contributed by atoms with Gasteiger partial charge < -0.3 is 5.32 Å². The van der Waals surface area contributed by atoms with Gasteiger partial charge in [0.25, 0.3) is 0 Å². The van der Waals surface area contributed by atoms with E-state index in [-0.39, 0.29) is 16.4 Å². The van der Waals surface area contributed by atoms with Gasteiger partial charge in [0.1, 0.15) is 0 Å². The van der Waals surface area contributed by atoms with Crippen molar-refractivity contribution in [1.29, 1.82) is 0 Å². The van der Waals surface area contributed by atoms with Crippen molar-refractivity contribution >= 4 is 9.84 Å². The summed E-state index contributed by atoms with van der Waals surface area (Å²) in [6.07, 6.45) is 0.713. The monoisotopic (exact) mass is 267 g/mol. The molecule has 0 unspecified atom stereocenters. The summed E-state index contributed by atoms with van der Waals surface area (Å²) in [5, 5.41) is 2.99. The van der Waals surface area contributed by atoms with Crippen molar-refractivity contribution in [3.63, 3.8) is 0 Å². The average Bonchev–Trinajstić information content (AvgIpc) is 2.28. The molecule has 1 fully saturated rings. The maximum Gasteiger partial charge on any atom is 0.152 e. The largest absolute Gasteiger partial charge is 0.315 e. The third-order valence-electron chi connectivity index (χ3n) is 3.90. The van der Waals surface area contributed by atoms with Gasteiger partial charge in [0, 0.05) is 18.5 Å². The van der Waals surface area contributed by atoms with Gasteiger partial charge in [0.15, 0.2) is 9.84 Å². The van der Waals surface area contributed by atoms with Crippen LogP contribution in [-0.2, 0) is 15.3 Å². The minimum atomic E-state index is -2.94. The van der Waals surface area contributed by atoms with Crippen LogP contribution in [0.15, 0.2) is 30.3 Å². The lowest BCUT2D eigenvalue weighted by Crippen LogP contribution is -2.57. The highest BCUT2D eigenvalue weighted by Crippen LogP contribution is 2.32. The van der Waals surface area contributed by atoms with E-state index in [4.69, 9.17) is 0 Å². The molecule has 100 valence electrons. The average molecular weight is 267 g/mol. The quantitative estimate of drug-likeness (QED) is 0.884. The molecule has 1 N–H and O–H groups in total. The van der Waals surface area contributed by atoms with Crippen LogP contribution in [0.2, 0.25) is 0 Å². The highest BCUT2D eigenvalue weighted by Gasteiger charge is 2.39. The number of hydrogen-bond donors (Lipinski definition) is 1. The predicted octanol–water partition coefficient (Wildman–Crippen LogP) is 1.74. The molecule has 0 spiro atoms. The van der Waals surface area contributed by atoms with Crippen molar-refractivity contribution in [2.75, 3.05) is 18.8 Å². The van der Waals surface area contributed by atoms with E-state index in [1.165, 1.54) is 5.56 Å². The lowest BCUT2D eigenvalue weighted by Gasteiger charge is -2.43. The summed E-state index contributed by atoms with van der Waals surface area (Å²) < 4.78 is 23.9. The third-order valence-corrected chi connectivity index (χ3v) is 6.11. The Kier molecular flexibility index (Phi) is 3.78. The predicted molar refractivity (Wildman–Crippen MR) is 74.5 cm³/mol. The minimum Gasteiger partial charge on any atom is -0.315 e. The molecule has 0 aliphatic carbocycles. The molecule has 4 heteroatoms. The maximum atomic E-state index is 11.9. The fourth-order valence-corrected chi connectivity index (χ4v) is 3.46. The number of nitrogens with one attached hydrogen (secondary N) is 1. The fourth-order valence-electron chi connectivity index (χ4n) is 2.32. The van der Waals surface area contributed by atoms with E-state index < -0.39 is 9.84 Å². The van der Waals surface area contributed by atoms with Gasteiger partial charge in [-0.25, -0.2) is 8.42 Å². The molecule has 1 aromatic rings. The molecule has 0 bridgehead atoms. The molecule has 1 heterocycles. The highest BCUT2D eigenvalue weighted by atomic mass is 32.2. The Morgan fingerprint density at radius 3 is 2.28 bits per heavy atom. The number of benzene rings is 1. The van der Waals surface area contributed by atoms with Crippen molar-refractivity contribution < 1.29 is 8.42 Å². The number of hydrogen-bond acceptors (Lipinski definition) is 3. The van der Waals surface area contributed by atoms with Gasteiger partial charge in [0.05, 0.1) is 11.0 Å². The second-order valence-corrected chi connectivity index (χ2v) is 8.09. The summed E-state index contributed by atoms with van der Waals surface area (Å²) in [6.45, 7) is 5.27. The molecule has 1 aliphatic rings. The van der Waals surface area contributed by atoms with E-state index >= 15 is 0 Å². The van der Waals surface area contributed by atoms with E-state index in [1.54, 1.807) is 13.8 Å². The van der Waals surface area contributed by atoms with Gasteiger partial charge in [-0.05, 0) is 25.8 Å². The molecule has 0 amide bonds. The molecule has 0 aromatic heterocycles. The Morgan fingerprint density at radius 2 is 1.83 bits per heavy atom. The molecule has 1 aromatic carbocycles. The summed E-state index contributed by atoms with van der Waals surface area (Å²) in [5.41, 5.74) is 1.27. The second kappa shape index (κ2) is 5.02. The molecule has 2 rings (SSSR count). The Labute approximate surface area is 110 Å². The lowest BCUT2D eigenvalue weighted by molar-refractivity contribution is 0.268. The lowest BCUT2D eigenvalue weighted by atomic mass is 9.73. The van der Waals surface area contributed by atoms with Crippen molar-refractivity contribution in [1.82, 2.24) is 5.32 Å². The molecule has 0 atom stereocenters. The van der Waals surface area contributed by atoms with Gasteiger partial charge in [-0.1, -0.05) is 30.3 Å². The Balaban J connectivity index is 2.11. The second-order valence-electron chi connectivity index (χ2n) is 5.42. The van der Waals surface area contributed by atoms with Crippen molar-refractivity contribution in [3.05, 3.63) is 35.9 Å². The zero-order valence-electron chi connectivity index (χ0n) is 11.0. The summed E-state index contributed by atoms with van der Waals surface area (Å²) >= 11 is 0. The first kappa shape index (κ1) is 13.6. The topological polar surface area (TPSA) is 46.2 Å². The van der Waals surface area contributed by atoms with E-state index in [2.05, 4.69) is 17.4 Å². The molecular weight excluding hydrogens is 246 g/mol. The van der Waals surface area contributed by atoms with Crippen LogP contribution in [-0.4, -0.2) is 32.5 Å². The summed E-state index contributed by atoms with van der Waals surface area (Å²) in [7, 11) is -2.94. The summed E-state index contributed by atoms with van der Waals surface area (Å²) in [4.78, 5) is 0. The van der Waals surface area contributed by atoms with Gasteiger partial charge in [-0.15, -0.1) is 0 Å². The van der Waals surface area contributed by atoms with Gasteiger partial charge in [-0.3, -0.25) is 0 Å². The smallest absolute Gasteiger partial charge is 0.152 e. The molecule has 0 saturated carbocycles. The molecule has 1 aliphatic heterocycles. The summed E-state index contributed by atoms with van der Waals surface area (Å²) in [5.74, 6) is 0.279. The maximum absolute atomic E-state index is 11.9. The van der Waals surface area contributed by atoms with Crippen LogP contribution in [0.3, 0.4) is 0 Å². The zero-order chi connectivity index (χ0) is 13.2. The normalized spacial score (nSPS) is 18.6. The molecule has 18 heavy (non-hydrogen) atoms. The Morgan fingerprint density at radius 1 is 1.22 bits per heavy atom. The van der Waals surface area contributed by atoms with E-state index in [9.17, 15) is 8.42 Å². The van der Waals surface area contributed by atoms with Crippen molar-refractivity contribution in [2.45, 2.75) is 30.9 Å². The first-order chi connectivity index (χ1) is 8.46. The van der Waals surface area contributed by atoms with Crippen molar-refractivity contribution in [2.24, 2.45) is 0 Å². The van der Waals surface area contributed by atoms with Crippen LogP contribution in [0.5, 0.6) is 0 Å². The van der Waals surface area contributed by atoms with E-state index in [0.29, 0.717) is 6.42 Å².